The monoisotopic (exact) mass is 890 g/mol. The van der Waals surface area contributed by atoms with E-state index in [1.54, 1.807) is 21.3 Å². The number of rotatable bonds is 19. The van der Waals surface area contributed by atoms with Crippen molar-refractivity contribution in [2.24, 2.45) is 0 Å². The average Bonchev–Trinajstić information content (AvgIpc) is 2.80. The van der Waals surface area contributed by atoms with E-state index in [2.05, 4.69) is 144 Å². The molecular weight excluding hydrogens is 805 g/mol. The van der Waals surface area contributed by atoms with Crippen LogP contribution in [0.25, 0.3) is 0 Å². The highest BCUT2D eigenvalue weighted by Crippen LogP contribution is 2.15. The standard InChI is InChI=1S/C8H26O3Si4.C8H24O2Si3.C7H22O2Si3.C5H14O3Si/c1-12(10-14(3,4)5)9-13(2)11-15(6,7)8;1-8-11(9-12(2,3)4)10-13(5,6)7;1-10(8-11(2,3)4)9-12(5,6)7;1-5-9(6-2,7-3)8-4/h12-13H,1-8H3;11H,8H2,1-7H3;10H,1-7H3;5H2,1-4H3. The van der Waals surface area contributed by atoms with Crippen LogP contribution in [0.5, 0.6) is 0 Å². The first-order valence-electron chi connectivity index (χ1n) is 17.9. The molecule has 0 spiro atoms. The SMILES string of the molecule is CC[SiH](O[Si](C)(C)C)O[Si](C)(C)C.CC[Si](OC)(OC)OC.C[SiH](O[SiH](C)O[Si](C)(C)C)O[Si](C)(C)C.C[SiH](O[Si](C)(C)C)O[Si](C)(C)C. The summed E-state index contributed by atoms with van der Waals surface area (Å²) >= 11 is 0. The van der Waals surface area contributed by atoms with Gasteiger partial charge in [-0.05, 0) is 144 Å². The smallest absolute Gasteiger partial charge is 0.439 e. The molecule has 0 saturated carbocycles. The maximum atomic E-state index is 6.05. The minimum absolute atomic E-state index is 0.816. The van der Waals surface area contributed by atoms with Gasteiger partial charge in [0.15, 0.2) is 49.9 Å². The van der Waals surface area contributed by atoms with Crippen molar-refractivity contribution in [3.63, 3.8) is 0 Å². The molecule has 49 heavy (non-hydrogen) atoms. The van der Waals surface area contributed by atoms with Crippen molar-refractivity contribution in [1.82, 2.24) is 0 Å². The minimum atomic E-state index is -2.19. The second-order valence-electron chi connectivity index (χ2n) is 17.7. The topological polar surface area (TPSA) is 92.3 Å². The van der Waals surface area contributed by atoms with Crippen LogP contribution < -0.4 is 0 Å². The lowest BCUT2D eigenvalue weighted by Crippen LogP contribution is -2.42. The van der Waals surface area contributed by atoms with Gasteiger partial charge in [0.25, 0.3) is 27.9 Å². The van der Waals surface area contributed by atoms with Crippen molar-refractivity contribution in [2.45, 2.75) is 163 Å². The zero-order valence-corrected chi connectivity index (χ0v) is 48.9. The molecule has 0 bridgehead atoms. The predicted molar refractivity (Wildman–Crippen MR) is 242 cm³/mol. The van der Waals surface area contributed by atoms with Crippen LogP contribution in [-0.2, 0) is 42.1 Å². The van der Waals surface area contributed by atoms with E-state index in [9.17, 15) is 0 Å². The predicted octanol–water partition coefficient (Wildman–Crippen LogP) is 8.76. The Morgan fingerprint density at radius 2 is 0.592 bits per heavy atom. The molecule has 0 aliphatic heterocycles. The largest absolute Gasteiger partial charge is 0.499 e. The van der Waals surface area contributed by atoms with E-state index in [1.165, 1.54) is 0 Å². The van der Waals surface area contributed by atoms with Gasteiger partial charge >= 0.3 is 18.1 Å². The van der Waals surface area contributed by atoms with Crippen molar-refractivity contribution in [3.8, 4) is 0 Å². The molecule has 0 saturated heterocycles. The molecule has 0 aliphatic carbocycles. The zero-order chi connectivity index (χ0) is 40.3. The molecular formula is C28H86O10Si11. The maximum Gasteiger partial charge on any atom is 0.499 e. The summed E-state index contributed by atoms with van der Waals surface area (Å²) in [6, 6.07) is 1.91. The molecule has 0 heterocycles. The van der Waals surface area contributed by atoms with E-state index in [0.717, 1.165) is 12.1 Å². The summed E-state index contributed by atoms with van der Waals surface area (Å²) in [5.41, 5.74) is 0. The van der Waals surface area contributed by atoms with Gasteiger partial charge in [0.2, 0.25) is 0 Å². The first kappa shape index (κ1) is 57.7. The lowest BCUT2D eigenvalue weighted by molar-refractivity contribution is 0.125. The van der Waals surface area contributed by atoms with Crippen LogP contribution in [0.3, 0.4) is 0 Å². The highest BCUT2D eigenvalue weighted by atomic mass is 28.5. The van der Waals surface area contributed by atoms with Crippen LogP contribution in [0.2, 0.25) is 150 Å². The summed E-state index contributed by atoms with van der Waals surface area (Å²) in [5, 5.41) is 0. The normalized spacial score (nSPS) is 14.7. The van der Waals surface area contributed by atoms with Crippen molar-refractivity contribution < 1.29 is 42.1 Å². The third-order valence-electron chi connectivity index (χ3n) is 5.13. The molecule has 0 rings (SSSR count). The molecule has 2 atom stereocenters. The summed E-state index contributed by atoms with van der Waals surface area (Å²) in [5.74, 6) is 0. The highest BCUT2D eigenvalue weighted by Gasteiger charge is 2.34. The average molecular weight is 892 g/mol. The second kappa shape index (κ2) is 26.0. The molecule has 2 unspecified atom stereocenters. The molecule has 0 amide bonds. The fourth-order valence-electron chi connectivity index (χ4n) is 4.00. The van der Waals surface area contributed by atoms with Crippen molar-refractivity contribution in [1.29, 1.82) is 0 Å². The lowest BCUT2D eigenvalue weighted by atomic mass is 11.0. The Hall–Kier alpha value is 1.99. The van der Waals surface area contributed by atoms with E-state index >= 15 is 0 Å². The van der Waals surface area contributed by atoms with Crippen molar-refractivity contribution in [3.05, 3.63) is 0 Å². The number of hydrogen-bond donors (Lipinski definition) is 0. The quantitative estimate of drug-likeness (QED) is 0.117. The fraction of sp³-hybridized carbons (Fsp3) is 1.00. The summed E-state index contributed by atoms with van der Waals surface area (Å²) in [6.07, 6.45) is 0. The van der Waals surface area contributed by atoms with Gasteiger partial charge < -0.3 is 42.1 Å². The molecule has 0 aromatic carbocycles. The lowest BCUT2D eigenvalue weighted by Gasteiger charge is -2.29. The van der Waals surface area contributed by atoms with Gasteiger partial charge in [-0.1, -0.05) is 13.8 Å². The van der Waals surface area contributed by atoms with Gasteiger partial charge in [-0.3, -0.25) is 0 Å². The Morgan fingerprint density at radius 1 is 0.367 bits per heavy atom. The van der Waals surface area contributed by atoms with Crippen molar-refractivity contribution >= 4 is 95.8 Å². The Bertz CT molecular complexity index is 735. The molecule has 302 valence electrons. The summed E-state index contributed by atoms with van der Waals surface area (Å²) in [7, 11) is -11.3. The molecule has 0 aliphatic rings. The van der Waals surface area contributed by atoms with E-state index < -0.39 is 95.8 Å². The van der Waals surface area contributed by atoms with E-state index in [-0.39, 0.29) is 0 Å². The third kappa shape index (κ3) is 46.1. The summed E-state index contributed by atoms with van der Waals surface area (Å²) in [4.78, 5) is 0. The van der Waals surface area contributed by atoms with Crippen LogP contribution in [0.15, 0.2) is 0 Å². The molecule has 21 heteroatoms. The highest BCUT2D eigenvalue weighted by molar-refractivity contribution is 6.82. The summed E-state index contributed by atoms with van der Waals surface area (Å²) in [6.45, 7) is 50.4. The minimum Gasteiger partial charge on any atom is -0.439 e. The first-order chi connectivity index (χ1) is 21.5. The van der Waals surface area contributed by atoms with E-state index in [4.69, 9.17) is 42.1 Å². The Balaban J connectivity index is -0.000000280. The van der Waals surface area contributed by atoms with E-state index in [1.807, 2.05) is 6.92 Å². The number of hydrogen-bond acceptors (Lipinski definition) is 10. The summed E-state index contributed by atoms with van der Waals surface area (Å²) < 4.78 is 57.0. The third-order valence-corrected chi connectivity index (χ3v) is 36.0. The van der Waals surface area contributed by atoms with Gasteiger partial charge in [0.05, 0.1) is 0 Å². The molecule has 0 aromatic heterocycles. The molecule has 0 aromatic rings. The first-order valence-corrected chi connectivity index (χ1v) is 48.3. The molecule has 0 radical (unpaired) electrons. The van der Waals surface area contributed by atoms with Crippen LogP contribution in [-0.4, -0.2) is 117 Å². The maximum absolute atomic E-state index is 6.05. The molecule has 10 nitrogen and oxygen atoms in total. The van der Waals surface area contributed by atoms with E-state index in [0.29, 0.717) is 0 Å². The molecule has 0 N–H and O–H groups in total. The Morgan fingerprint density at radius 3 is 0.735 bits per heavy atom. The second-order valence-corrected chi connectivity index (χ2v) is 58.2. The van der Waals surface area contributed by atoms with Gasteiger partial charge in [-0.15, -0.1) is 0 Å². The zero-order valence-electron chi connectivity index (χ0n) is 37.3. The van der Waals surface area contributed by atoms with Crippen LogP contribution >= 0.6 is 0 Å². The fourth-order valence-corrected chi connectivity index (χ4v) is 33.8. The molecule has 0 fully saturated rings. The van der Waals surface area contributed by atoms with Crippen molar-refractivity contribution in [2.75, 3.05) is 21.3 Å². The van der Waals surface area contributed by atoms with Gasteiger partial charge in [0.1, 0.15) is 0 Å². The van der Waals surface area contributed by atoms with Gasteiger partial charge in [-0.25, -0.2) is 0 Å². The van der Waals surface area contributed by atoms with Gasteiger partial charge in [0, 0.05) is 27.4 Å². The van der Waals surface area contributed by atoms with Crippen LogP contribution in [0.4, 0.5) is 0 Å². The van der Waals surface area contributed by atoms with Gasteiger partial charge in [-0.2, -0.15) is 0 Å². The Labute approximate surface area is 320 Å². The Kier molecular flexibility index (Phi) is 30.6. The van der Waals surface area contributed by atoms with Crippen LogP contribution in [0.1, 0.15) is 13.8 Å². The van der Waals surface area contributed by atoms with Crippen LogP contribution in [0, 0.1) is 0 Å².